The van der Waals surface area contributed by atoms with Crippen molar-refractivity contribution in [1.82, 2.24) is 0 Å². The van der Waals surface area contributed by atoms with Crippen LogP contribution in [0, 0.1) is 0 Å². The van der Waals surface area contributed by atoms with Crippen molar-refractivity contribution in [3.63, 3.8) is 0 Å². The van der Waals surface area contributed by atoms with E-state index in [-0.39, 0.29) is 16.9 Å². The van der Waals surface area contributed by atoms with E-state index in [1.165, 1.54) is 12.1 Å². The number of carboxylic acids is 1. The van der Waals surface area contributed by atoms with Crippen LogP contribution in [0.15, 0.2) is 48.5 Å². The molecule has 0 saturated carbocycles. The molecule has 0 heterocycles. The van der Waals surface area contributed by atoms with Crippen LogP contribution in [0.2, 0.25) is 0 Å². The van der Waals surface area contributed by atoms with E-state index in [1.807, 2.05) is 25.1 Å². The Hall–Kier alpha value is -2.62. The van der Waals surface area contributed by atoms with Gasteiger partial charge in [-0.05, 0) is 18.2 Å². The summed E-state index contributed by atoms with van der Waals surface area (Å²) in [6.45, 7) is 0. The van der Waals surface area contributed by atoms with Gasteiger partial charge in [0.1, 0.15) is 0 Å². The first kappa shape index (κ1) is 13.8. The van der Waals surface area contributed by atoms with Crippen LogP contribution in [-0.4, -0.2) is 31.0 Å². The molecule has 2 rings (SSSR count). The summed E-state index contributed by atoms with van der Waals surface area (Å²) in [7, 11) is 3.77. The number of rotatable bonds is 4. The van der Waals surface area contributed by atoms with Gasteiger partial charge in [0.2, 0.25) is 0 Å². The summed E-state index contributed by atoms with van der Waals surface area (Å²) in [6, 6.07) is 13.4. The third kappa shape index (κ3) is 2.69. The van der Waals surface area contributed by atoms with E-state index in [4.69, 9.17) is 5.11 Å². The summed E-state index contributed by atoms with van der Waals surface area (Å²) in [5.41, 5.74) is 1.59. The van der Waals surface area contributed by atoms with Gasteiger partial charge in [0.15, 0.2) is 5.78 Å². The van der Waals surface area contributed by atoms with Crippen LogP contribution in [0.25, 0.3) is 0 Å². The zero-order valence-electron chi connectivity index (χ0n) is 11.3. The molecule has 0 aliphatic rings. The van der Waals surface area contributed by atoms with E-state index in [1.54, 1.807) is 30.3 Å². The Bertz CT molecular complexity index is 662. The summed E-state index contributed by atoms with van der Waals surface area (Å²) in [5.74, 6) is -1.38. The van der Waals surface area contributed by atoms with Crippen molar-refractivity contribution in [1.29, 1.82) is 0 Å². The maximum Gasteiger partial charge on any atom is 0.336 e. The summed E-state index contributed by atoms with van der Waals surface area (Å²) in [6.07, 6.45) is 0. The van der Waals surface area contributed by atoms with Gasteiger partial charge in [0.05, 0.1) is 5.56 Å². The number of nitrogens with zero attached hydrogens (tertiary/aromatic N) is 1. The zero-order valence-corrected chi connectivity index (χ0v) is 11.3. The average molecular weight is 269 g/mol. The molecule has 0 saturated heterocycles. The van der Waals surface area contributed by atoms with Gasteiger partial charge in [0, 0.05) is 30.9 Å². The first-order valence-electron chi connectivity index (χ1n) is 6.15. The Morgan fingerprint density at radius 2 is 1.60 bits per heavy atom. The number of carbonyl (C=O) groups excluding carboxylic acids is 1. The van der Waals surface area contributed by atoms with Crippen LogP contribution in [0.1, 0.15) is 26.3 Å². The number of carboxylic acid groups (broad SMARTS) is 1. The quantitative estimate of drug-likeness (QED) is 0.867. The van der Waals surface area contributed by atoms with Crippen LogP contribution in [0.3, 0.4) is 0 Å². The Morgan fingerprint density at radius 1 is 0.950 bits per heavy atom. The fourth-order valence-corrected chi connectivity index (χ4v) is 1.95. The molecule has 0 aliphatic carbocycles. The molecule has 0 unspecified atom stereocenters. The van der Waals surface area contributed by atoms with Gasteiger partial charge in [-0.3, -0.25) is 4.79 Å². The topological polar surface area (TPSA) is 57.6 Å². The number of hydrogen-bond acceptors (Lipinski definition) is 3. The van der Waals surface area contributed by atoms with E-state index < -0.39 is 5.97 Å². The third-order valence-electron chi connectivity index (χ3n) is 3.03. The van der Waals surface area contributed by atoms with Gasteiger partial charge in [-0.1, -0.05) is 30.3 Å². The highest BCUT2D eigenvalue weighted by Gasteiger charge is 2.17. The zero-order chi connectivity index (χ0) is 14.7. The van der Waals surface area contributed by atoms with Crippen molar-refractivity contribution in [2.24, 2.45) is 0 Å². The summed E-state index contributed by atoms with van der Waals surface area (Å²) >= 11 is 0. The summed E-state index contributed by atoms with van der Waals surface area (Å²) < 4.78 is 0. The lowest BCUT2D eigenvalue weighted by Crippen LogP contribution is -2.12. The molecule has 102 valence electrons. The van der Waals surface area contributed by atoms with Crippen molar-refractivity contribution < 1.29 is 14.7 Å². The monoisotopic (exact) mass is 269 g/mol. The van der Waals surface area contributed by atoms with E-state index in [2.05, 4.69) is 0 Å². The maximum atomic E-state index is 12.5. The van der Waals surface area contributed by atoms with Crippen molar-refractivity contribution in [2.75, 3.05) is 19.0 Å². The molecule has 0 spiro atoms. The second kappa shape index (κ2) is 5.57. The molecule has 4 heteroatoms. The third-order valence-corrected chi connectivity index (χ3v) is 3.03. The molecule has 1 N–H and O–H groups in total. The molecular formula is C16H15NO3. The van der Waals surface area contributed by atoms with Crippen molar-refractivity contribution >= 4 is 17.4 Å². The van der Waals surface area contributed by atoms with Crippen LogP contribution in [0.5, 0.6) is 0 Å². The van der Waals surface area contributed by atoms with E-state index in [0.717, 1.165) is 5.69 Å². The van der Waals surface area contributed by atoms with Gasteiger partial charge in [-0.2, -0.15) is 0 Å². The fraction of sp³-hybridized carbons (Fsp3) is 0.125. The number of carbonyl (C=O) groups is 2. The highest BCUT2D eigenvalue weighted by molar-refractivity contribution is 6.14. The minimum absolute atomic E-state index is 0.0211. The van der Waals surface area contributed by atoms with E-state index >= 15 is 0 Å². The molecule has 0 atom stereocenters. The Morgan fingerprint density at radius 3 is 2.20 bits per heavy atom. The normalized spacial score (nSPS) is 10.1. The van der Waals surface area contributed by atoms with Gasteiger partial charge in [-0.15, -0.1) is 0 Å². The van der Waals surface area contributed by atoms with Crippen LogP contribution >= 0.6 is 0 Å². The largest absolute Gasteiger partial charge is 0.478 e. The molecule has 0 aromatic heterocycles. The van der Waals surface area contributed by atoms with Gasteiger partial charge in [0.25, 0.3) is 0 Å². The lowest BCUT2D eigenvalue weighted by Gasteiger charge is -2.13. The van der Waals surface area contributed by atoms with Crippen LogP contribution < -0.4 is 4.90 Å². The van der Waals surface area contributed by atoms with Crippen molar-refractivity contribution in [3.8, 4) is 0 Å². The predicted octanol–water partition coefficient (Wildman–Crippen LogP) is 2.68. The molecule has 0 aliphatic heterocycles. The Balaban J connectivity index is 2.47. The van der Waals surface area contributed by atoms with E-state index in [0.29, 0.717) is 5.56 Å². The molecule has 2 aromatic carbocycles. The summed E-state index contributed by atoms with van der Waals surface area (Å²) in [4.78, 5) is 25.5. The lowest BCUT2D eigenvalue weighted by atomic mass is 9.98. The molecule has 4 nitrogen and oxygen atoms in total. The Kier molecular flexibility index (Phi) is 3.84. The van der Waals surface area contributed by atoms with Gasteiger partial charge < -0.3 is 10.0 Å². The SMILES string of the molecule is CN(C)c1cccc(C(=O)c2ccccc2C(=O)O)c1. The van der Waals surface area contributed by atoms with Crippen molar-refractivity contribution in [2.45, 2.75) is 0 Å². The second-order valence-electron chi connectivity index (χ2n) is 4.62. The molecule has 0 bridgehead atoms. The Labute approximate surface area is 117 Å². The summed E-state index contributed by atoms with van der Waals surface area (Å²) in [5, 5.41) is 9.14. The van der Waals surface area contributed by atoms with E-state index in [9.17, 15) is 9.59 Å². The van der Waals surface area contributed by atoms with Gasteiger partial charge in [-0.25, -0.2) is 4.79 Å². The molecule has 0 amide bonds. The first-order chi connectivity index (χ1) is 9.50. The fourth-order valence-electron chi connectivity index (χ4n) is 1.95. The molecule has 20 heavy (non-hydrogen) atoms. The predicted molar refractivity (Wildman–Crippen MR) is 77.6 cm³/mol. The first-order valence-corrected chi connectivity index (χ1v) is 6.15. The van der Waals surface area contributed by atoms with Crippen LogP contribution in [-0.2, 0) is 0 Å². The lowest BCUT2D eigenvalue weighted by molar-refractivity contribution is 0.0693. The minimum atomic E-state index is -1.10. The number of anilines is 1. The molecule has 0 radical (unpaired) electrons. The molecule has 2 aromatic rings. The minimum Gasteiger partial charge on any atom is -0.478 e. The standard InChI is InChI=1S/C16H15NO3/c1-17(2)12-7-5-6-11(10-12)15(18)13-8-3-4-9-14(13)16(19)20/h3-10H,1-2H3,(H,19,20). The average Bonchev–Trinajstić information content (AvgIpc) is 2.46. The van der Waals surface area contributed by atoms with Crippen LogP contribution in [0.4, 0.5) is 5.69 Å². The maximum absolute atomic E-state index is 12.5. The highest BCUT2D eigenvalue weighted by Crippen LogP contribution is 2.19. The number of hydrogen-bond donors (Lipinski definition) is 1. The highest BCUT2D eigenvalue weighted by atomic mass is 16.4. The smallest absolute Gasteiger partial charge is 0.336 e. The number of aromatic carboxylic acids is 1. The van der Waals surface area contributed by atoms with Crippen molar-refractivity contribution in [3.05, 3.63) is 65.2 Å². The molecule has 0 fully saturated rings. The second-order valence-corrected chi connectivity index (χ2v) is 4.62. The number of ketones is 1. The van der Waals surface area contributed by atoms with Gasteiger partial charge >= 0.3 is 5.97 Å². The number of benzene rings is 2. The molecular weight excluding hydrogens is 254 g/mol.